The van der Waals surface area contributed by atoms with Crippen LogP contribution in [0.3, 0.4) is 0 Å². The summed E-state index contributed by atoms with van der Waals surface area (Å²) in [6.45, 7) is 5.61. The van der Waals surface area contributed by atoms with Gasteiger partial charge in [-0.05, 0) is 107 Å². The summed E-state index contributed by atoms with van der Waals surface area (Å²) in [5.74, 6) is -2.69. The summed E-state index contributed by atoms with van der Waals surface area (Å²) in [4.78, 5) is 104. The van der Waals surface area contributed by atoms with Gasteiger partial charge in [-0.2, -0.15) is 0 Å². The number of alkyl carbamates (subject to hydrolysis) is 3. The van der Waals surface area contributed by atoms with Crippen molar-refractivity contribution in [3.8, 4) is 5.75 Å². The molecule has 4 aromatic carbocycles. The van der Waals surface area contributed by atoms with Gasteiger partial charge >= 0.3 is 24.2 Å². The molecule has 0 aliphatic rings. The van der Waals surface area contributed by atoms with E-state index >= 15 is 0 Å². The van der Waals surface area contributed by atoms with E-state index < -0.39 is 59.7 Å². The molecule has 0 aliphatic heterocycles. The van der Waals surface area contributed by atoms with Crippen molar-refractivity contribution in [3.05, 3.63) is 125 Å². The van der Waals surface area contributed by atoms with Crippen LogP contribution in [0.25, 0.3) is 0 Å². The third-order valence-corrected chi connectivity index (χ3v) is 10.00. The number of aldehydes is 1. The van der Waals surface area contributed by atoms with Crippen molar-refractivity contribution in [2.45, 2.75) is 90.2 Å². The minimum Gasteiger partial charge on any atom is -0.496 e. The molecule has 2 unspecified atom stereocenters. The number of benzene rings is 4. The fourth-order valence-corrected chi connectivity index (χ4v) is 6.55. The first kappa shape index (κ1) is 53.7. The third-order valence-electron chi connectivity index (χ3n) is 10.00. The molecule has 6 amide bonds. The first-order chi connectivity index (χ1) is 33.1. The molecular weight excluding hydrogens is 893 g/mol. The maximum absolute atomic E-state index is 14.0. The maximum Gasteiger partial charge on any atom is 0.408 e. The molecule has 0 bridgehead atoms. The Morgan fingerprint density at radius 3 is 1.57 bits per heavy atom. The van der Waals surface area contributed by atoms with Crippen LogP contribution in [0.1, 0.15) is 101 Å². The van der Waals surface area contributed by atoms with Gasteiger partial charge in [0.1, 0.15) is 42.2 Å². The minimum atomic E-state index is -1.22. The molecular formula is C50H60N6O13. The topological polar surface area (TPSA) is 255 Å². The zero-order valence-corrected chi connectivity index (χ0v) is 39.3. The van der Waals surface area contributed by atoms with Gasteiger partial charge in [0.15, 0.2) is 6.29 Å². The summed E-state index contributed by atoms with van der Waals surface area (Å²) in [5, 5.41) is 16.0. The van der Waals surface area contributed by atoms with Gasteiger partial charge in [0.25, 0.3) is 5.91 Å². The predicted molar refractivity (Wildman–Crippen MR) is 255 cm³/mol. The second kappa shape index (κ2) is 27.6. The fourth-order valence-electron chi connectivity index (χ4n) is 6.55. The number of unbranched alkanes of at least 4 members (excludes halogenated alkanes) is 2. The molecule has 4 rings (SSSR count). The molecule has 2 atom stereocenters. The van der Waals surface area contributed by atoms with Crippen molar-refractivity contribution in [1.82, 2.24) is 21.3 Å². The van der Waals surface area contributed by atoms with E-state index in [0.29, 0.717) is 32.0 Å². The highest BCUT2D eigenvalue weighted by Crippen LogP contribution is 2.24. The Morgan fingerprint density at radius 2 is 1.09 bits per heavy atom. The van der Waals surface area contributed by atoms with Gasteiger partial charge < -0.3 is 55.6 Å². The standard InChI is InChI=1S/C50H60N6O13/c1-50(2,3)69-49(64)56-41(21-13-15-27-52-48(63)68-32-34-18-10-7-11-19-34)45(60)53-36-23-22-35(30-57)38(28-36)43(58)55-40(20-12-14-26-51-47(62)67-31-33-16-8-6-9-17-33)44(59)54-37-24-25-42(65-4)39(29-37)46(61)66-5/h6-11,16-19,22-25,28-30,40-41H,12-15,20-21,26-27,31-32H2,1-5H3,(H,51,62)(H,52,63)(H,53,60)(H,54,59)(H,55,58)(H,56,64). The fraction of sp³-hybridized carbons (Fsp3) is 0.360. The molecule has 0 aromatic heterocycles. The van der Waals surface area contributed by atoms with Crippen molar-refractivity contribution in [3.63, 3.8) is 0 Å². The molecule has 19 heteroatoms. The number of esters is 1. The van der Waals surface area contributed by atoms with Crippen molar-refractivity contribution in [2.75, 3.05) is 37.9 Å². The van der Waals surface area contributed by atoms with Crippen LogP contribution in [0, 0.1) is 0 Å². The third kappa shape index (κ3) is 19.0. The number of amides is 6. The number of carbonyl (C=O) groups is 8. The van der Waals surface area contributed by atoms with Crippen LogP contribution >= 0.6 is 0 Å². The van der Waals surface area contributed by atoms with Gasteiger partial charge in [0, 0.05) is 30.0 Å². The molecule has 0 aliphatic carbocycles. The second-order valence-corrected chi connectivity index (χ2v) is 16.5. The molecule has 368 valence electrons. The van der Waals surface area contributed by atoms with Crippen molar-refractivity contribution < 1.29 is 62.0 Å². The summed E-state index contributed by atoms with van der Waals surface area (Å²) in [6, 6.07) is 24.3. The second-order valence-electron chi connectivity index (χ2n) is 16.5. The first-order valence-corrected chi connectivity index (χ1v) is 22.3. The Kier molecular flexibility index (Phi) is 21.5. The lowest BCUT2D eigenvalue weighted by atomic mass is 10.0. The van der Waals surface area contributed by atoms with E-state index in [2.05, 4.69) is 31.9 Å². The van der Waals surface area contributed by atoms with Gasteiger partial charge in [-0.25, -0.2) is 19.2 Å². The molecule has 0 saturated carbocycles. The first-order valence-electron chi connectivity index (χ1n) is 22.3. The molecule has 0 heterocycles. The number of nitrogens with one attached hydrogen (secondary N) is 6. The summed E-state index contributed by atoms with van der Waals surface area (Å²) in [6.07, 6.45) is 0.0616. The minimum absolute atomic E-state index is 0.0374. The number of ether oxygens (including phenoxy) is 5. The highest BCUT2D eigenvalue weighted by molar-refractivity contribution is 6.06. The van der Waals surface area contributed by atoms with Crippen LogP contribution < -0.4 is 36.6 Å². The Morgan fingerprint density at radius 1 is 0.594 bits per heavy atom. The smallest absolute Gasteiger partial charge is 0.408 e. The normalized spacial score (nSPS) is 11.6. The van der Waals surface area contributed by atoms with E-state index in [4.69, 9.17) is 23.7 Å². The zero-order valence-electron chi connectivity index (χ0n) is 39.3. The predicted octanol–water partition coefficient (Wildman–Crippen LogP) is 7.06. The van der Waals surface area contributed by atoms with Gasteiger partial charge in [-0.1, -0.05) is 60.7 Å². The molecule has 4 aromatic rings. The van der Waals surface area contributed by atoms with Crippen LogP contribution in [0.2, 0.25) is 0 Å². The number of carbonyl (C=O) groups excluding carboxylic acids is 8. The molecule has 69 heavy (non-hydrogen) atoms. The van der Waals surface area contributed by atoms with Gasteiger partial charge in [-0.15, -0.1) is 0 Å². The van der Waals surface area contributed by atoms with Crippen LogP contribution in [0.5, 0.6) is 5.75 Å². The highest BCUT2D eigenvalue weighted by atomic mass is 16.6. The summed E-state index contributed by atoms with van der Waals surface area (Å²) >= 11 is 0. The van der Waals surface area contributed by atoms with E-state index in [0.717, 1.165) is 11.1 Å². The molecule has 19 nitrogen and oxygen atoms in total. The highest BCUT2D eigenvalue weighted by Gasteiger charge is 2.27. The average molecular weight is 953 g/mol. The summed E-state index contributed by atoms with van der Waals surface area (Å²) in [5.41, 5.74) is 0.857. The van der Waals surface area contributed by atoms with E-state index in [9.17, 15) is 38.4 Å². The Hall–Kier alpha value is -7.96. The van der Waals surface area contributed by atoms with Gasteiger partial charge in [0.2, 0.25) is 11.8 Å². The number of anilines is 2. The molecule has 0 saturated heterocycles. The lowest BCUT2D eigenvalue weighted by Crippen LogP contribution is -2.46. The van der Waals surface area contributed by atoms with Crippen molar-refractivity contribution in [1.29, 1.82) is 0 Å². The van der Waals surface area contributed by atoms with Crippen LogP contribution in [0.4, 0.5) is 25.8 Å². The zero-order chi connectivity index (χ0) is 50.2. The van der Waals surface area contributed by atoms with Crippen molar-refractivity contribution >= 4 is 59.6 Å². The quantitative estimate of drug-likeness (QED) is 0.0178. The van der Waals surface area contributed by atoms with Crippen molar-refractivity contribution in [2.24, 2.45) is 0 Å². The Labute approximate surface area is 400 Å². The number of hydrogen-bond acceptors (Lipinski definition) is 13. The number of rotatable bonds is 24. The monoisotopic (exact) mass is 952 g/mol. The van der Waals surface area contributed by atoms with E-state index in [1.165, 1.54) is 50.6 Å². The summed E-state index contributed by atoms with van der Waals surface area (Å²) < 4.78 is 26.0. The van der Waals surface area contributed by atoms with Crippen LogP contribution in [-0.4, -0.2) is 93.3 Å². The largest absolute Gasteiger partial charge is 0.496 e. The molecule has 6 N–H and O–H groups in total. The average Bonchev–Trinajstić information content (AvgIpc) is 3.33. The molecule has 0 fully saturated rings. The molecule has 0 radical (unpaired) electrons. The van der Waals surface area contributed by atoms with E-state index in [-0.39, 0.29) is 73.0 Å². The summed E-state index contributed by atoms with van der Waals surface area (Å²) in [7, 11) is 2.56. The maximum atomic E-state index is 14.0. The van der Waals surface area contributed by atoms with E-state index in [1.807, 2.05) is 60.7 Å². The Balaban J connectivity index is 1.45. The van der Waals surface area contributed by atoms with Gasteiger partial charge in [-0.3, -0.25) is 19.2 Å². The number of hydrogen-bond donors (Lipinski definition) is 6. The molecule has 0 spiro atoms. The van der Waals surface area contributed by atoms with Gasteiger partial charge in [0.05, 0.1) is 19.8 Å². The van der Waals surface area contributed by atoms with E-state index in [1.54, 1.807) is 20.8 Å². The SMILES string of the molecule is COC(=O)c1cc(NC(=O)C(CCCCNC(=O)OCc2ccccc2)NC(=O)c2cc(NC(=O)C(CCCCNC(=O)OCc3ccccc3)NC(=O)OC(C)(C)C)ccc2C=O)ccc1OC. The van der Waals surface area contributed by atoms with Crippen LogP contribution in [-0.2, 0) is 41.8 Å². The van der Waals surface area contributed by atoms with Crippen LogP contribution in [0.15, 0.2) is 97.1 Å². The lowest BCUT2D eigenvalue weighted by molar-refractivity contribution is -0.119. The lowest BCUT2D eigenvalue weighted by Gasteiger charge is -2.23. The Bertz CT molecular complexity index is 2370. The number of methoxy groups -OCH3 is 2.